The molecule has 23 heavy (non-hydrogen) atoms. The Morgan fingerprint density at radius 1 is 1.30 bits per heavy atom. The molecule has 6 nitrogen and oxygen atoms in total. The molecule has 1 N–H and O–H groups in total. The van der Waals surface area contributed by atoms with E-state index in [2.05, 4.69) is 4.74 Å². The van der Waals surface area contributed by atoms with E-state index in [9.17, 15) is 22.8 Å². The largest absolute Gasteiger partial charge is 0.496 e. The van der Waals surface area contributed by atoms with Crippen LogP contribution in [0.1, 0.15) is 21.7 Å². The molecule has 0 fully saturated rings. The van der Waals surface area contributed by atoms with Gasteiger partial charge in [0.1, 0.15) is 17.9 Å². The molecule has 2 aromatic rings. The van der Waals surface area contributed by atoms with E-state index in [1.807, 2.05) is 0 Å². The first-order valence-corrected chi connectivity index (χ1v) is 6.23. The number of carbonyl (C=O) groups is 2. The Bertz CT molecular complexity index is 775. The maximum Gasteiger partial charge on any atom is 0.490 e. The van der Waals surface area contributed by atoms with E-state index < -0.39 is 24.7 Å². The molecule has 0 aliphatic heterocycles. The fourth-order valence-corrected chi connectivity index (χ4v) is 2.12. The molecular weight excluding hydrogens is 321 g/mol. The number of alkyl halides is 3. The smallest absolute Gasteiger partial charge is 0.490 e. The highest BCUT2D eigenvalue weighted by Crippen LogP contribution is 2.36. The predicted molar refractivity (Wildman–Crippen MR) is 70.3 cm³/mol. The van der Waals surface area contributed by atoms with Gasteiger partial charge in [0.05, 0.1) is 12.5 Å². The summed E-state index contributed by atoms with van der Waals surface area (Å²) in [5, 5.41) is 9.33. The van der Waals surface area contributed by atoms with Crippen LogP contribution in [0.2, 0.25) is 0 Å². The van der Waals surface area contributed by atoms with Gasteiger partial charge in [-0.15, -0.1) is 0 Å². The van der Waals surface area contributed by atoms with Crippen LogP contribution in [0, 0.1) is 6.92 Å². The Morgan fingerprint density at radius 3 is 2.48 bits per heavy atom. The van der Waals surface area contributed by atoms with Crippen LogP contribution in [-0.4, -0.2) is 30.3 Å². The van der Waals surface area contributed by atoms with Crippen LogP contribution in [0.3, 0.4) is 0 Å². The molecule has 0 atom stereocenters. The fraction of sp³-hybridized carbons (Fsp3) is 0.286. The second-order valence-electron chi connectivity index (χ2n) is 4.57. The first-order chi connectivity index (χ1) is 10.7. The molecule has 0 amide bonds. The van der Waals surface area contributed by atoms with Crippen molar-refractivity contribution in [2.24, 2.45) is 0 Å². The number of fused-ring (bicyclic) bond motifs is 1. The topological polar surface area (TPSA) is 86.0 Å². The zero-order chi connectivity index (χ0) is 17.4. The van der Waals surface area contributed by atoms with Crippen LogP contribution in [0.15, 0.2) is 16.5 Å². The highest BCUT2D eigenvalue weighted by atomic mass is 19.4. The molecule has 0 bridgehead atoms. The Labute approximate surface area is 127 Å². The van der Waals surface area contributed by atoms with Gasteiger partial charge in [0, 0.05) is 11.1 Å². The molecule has 1 aromatic carbocycles. The zero-order valence-corrected chi connectivity index (χ0v) is 12.0. The Kier molecular flexibility index (Phi) is 4.22. The third-order valence-electron chi connectivity index (χ3n) is 3.12. The van der Waals surface area contributed by atoms with Gasteiger partial charge in [0.2, 0.25) is 5.76 Å². The van der Waals surface area contributed by atoms with Crippen LogP contribution < -0.4 is 4.74 Å². The van der Waals surface area contributed by atoms with E-state index in [-0.39, 0.29) is 28.2 Å². The number of hydrogen-bond donors (Lipinski definition) is 1. The van der Waals surface area contributed by atoms with Crippen LogP contribution in [0.4, 0.5) is 13.2 Å². The molecule has 0 saturated heterocycles. The summed E-state index contributed by atoms with van der Waals surface area (Å²) in [5.74, 6) is -3.82. The van der Waals surface area contributed by atoms with E-state index in [0.29, 0.717) is 5.39 Å². The number of ether oxygens (including phenoxy) is 2. The Hall–Kier alpha value is -2.71. The Balaban J connectivity index is 2.44. The first kappa shape index (κ1) is 16.7. The van der Waals surface area contributed by atoms with Gasteiger partial charge in [-0.25, -0.2) is 9.59 Å². The number of esters is 1. The van der Waals surface area contributed by atoms with Crippen molar-refractivity contribution in [2.75, 3.05) is 7.11 Å². The van der Waals surface area contributed by atoms with Crippen LogP contribution in [-0.2, 0) is 16.1 Å². The lowest BCUT2D eigenvalue weighted by atomic mass is 10.1. The van der Waals surface area contributed by atoms with Crippen molar-refractivity contribution in [3.63, 3.8) is 0 Å². The quantitative estimate of drug-likeness (QED) is 0.866. The summed E-state index contributed by atoms with van der Waals surface area (Å²) >= 11 is 0. The lowest BCUT2D eigenvalue weighted by Gasteiger charge is -2.11. The van der Waals surface area contributed by atoms with Crippen LogP contribution >= 0.6 is 0 Å². The van der Waals surface area contributed by atoms with Gasteiger partial charge in [-0.2, -0.15) is 13.2 Å². The average molecular weight is 332 g/mol. The normalized spacial score (nSPS) is 11.5. The molecule has 2 rings (SSSR count). The SMILES string of the molecule is COc1c(COC(=O)C(F)(F)F)ccc2oc(C(=O)O)c(C)c12. The summed E-state index contributed by atoms with van der Waals surface area (Å²) in [6, 6.07) is 2.70. The highest BCUT2D eigenvalue weighted by molar-refractivity contribution is 5.98. The average Bonchev–Trinajstić information content (AvgIpc) is 2.80. The molecule has 0 aliphatic carbocycles. The second kappa shape index (κ2) is 5.82. The van der Waals surface area contributed by atoms with E-state index in [1.54, 1.807) is 0 Å². The van der Waals surface area contributed by atoms with Crippen molar-refractivity contribution in [2.45, 2.75) is 19.7 Å². The third-order valence-corrected chi connectivity index (χ3v) is 3.12. The lowest BCUT2D eigenvalue weighted by Crippen LogP contribution is -2.25. The standard InChI is InChI=1S/C14H11F3O6/c1-6-9-8(23-10(6)12(18)19)4-3-7(11(9)21-2)5-22-13(20)14(15,16)17/h3-4H,5H2,1-2H3,(H,18,19). The predicted octanol–water partition coefficient (Wildman–Crippen LogP) is 3.05. The van der Waals surface area contributed by atoms with Gasteiger partial charge in [-0.05, 0) is 19.1 Å². The second-order valence-corrected chi connectivity index (χ2v) is 4.57. The van der Waals surface area contributed by atoms with Gasteiger partial charge in [0.15, 0.2) is 0 Å². The number of hydrogen-bond acceptors (Lipinski definition) is 5. The number of furan rings is 1. The third kappa shape index (κ3) is 3.08. The summed E-state index contributed by atoms with van der Waals surface area (Å²) in [6.45, 7) is 0.799. The monoisotopic (exact) mass is 332 g/mol. The first-order valence-electron chi connectivity index (χ1n) is 6.23. The fourth-order valence-electron chi connectivity index (χ4n) is 2.12. The number of carboxylic acids is 1. The number of methoxy groups -OCH3 is 1. The summed E-state index contributed by atoms with van der Waals surface area (Å²) in [4.78, 5) is 21.8. The van der Waals surface area contributed by atoms with Gasteiger partial charge < -0.3 is 19.0 Å². The number of rotatable bonds is 4. The summed E-state index contributed by atoms with van der Waals surface area (Å²) < 4.78 is 51.0. The number of halogens is 3. The molecule has 0 saturated carbocycles. The highest BCUT2D eigenvalue weighted by Gasteiger charge is 2.41. The maximum atomic E-state index is 12.2. The molecular formula is C14H11F3O6. The number of aromatic carboxylic acids is 1. The van der Waals surface area contributed by atoms with Gasteiger partial charge in [0.25, 0.3) is 0 Å². The van der Waals surface area contributed by atoms with E-state index in [1.165, 1.54) is 26.2 Å². The zero-order valence-electron chi connectivity index (χ0n) is 12.0. The number of benzene rings is 1. The minimum atomic E-state index is -5.10. The molecule has 0 unspecified atom stereocenters. The molecule has 1 heterocycles. The molecule has 1 aromatic heterocycles. The van der Waals surface area contributed by atoms with Crippen molar-refractivity contribution >= 4 is 22.9 Å². The van der Waals surface area contributed by atoms with E-state index >= 15 is 0 Å². The van der Waals surface area contributed by atoms with Crippen LogP contribution in [0.5, 0.6) is 5.75 Å². The number of carbonyl (C=O) groups excluding carboxylic acids is 1. The maximum absolute atomic E-state index is 12.2. The van der Waals surface area contributed by atoms with Gasteiger partial charge in [-0.3, -0.25) is 0 Å². The lowest BCUT2D eigenvalue weighted by molar-refractivity contribution is -0.201. The van der Waals surface area contributed by atoms with Crippen molar-refractivity contribution in [1.29, 1.82) is 0 Å². The van der Waals surface area contributed by atoms with Crippen molar-refractivity contribution in [3.8, 4) is 5.75 Å². The molecule has 9 heteroatoms. The van der Waals surface area contributed by atoms with Gasteiger partial charge >= 0.3 is 18.1 Å². The Morgan fingerprint density at radius 2 is 1.96 bits per heavy atom. The molecule has 0 radical (unpaired) electrons. The number of aryl methyl sites for hydroxylation is 1. The van der Waals surface area contributed by atoms with E-state index in [4.69, 9.17) is 14.3 Å². The summed E-state index contributed by atoms with van der Waals surface area (Å²) in [7, 11) is 1.26. The molecule has 124 valence electrons. The summed E-state index contributed by atoms with van der Waals surface area (Å²) in [6.07, 6.45) is -5.10. The molecule has 0 aliphatic rings. The van der Waals surface area contributed by atoms with E-state index in [0.717, 1.165) is 0 Å². The number of carboxylic acid groups (broad SMARTS) is 1. The van der Waals surface area contributed by atoms with Crippen molar-refractivity contribution < 1.29 is 41.8 Å². The summed E-state index contributed by atoms with van der Waals surface area (Å²) in [5.41, 5.74) is 0.606. The minimum Gasteiger partial charge on any atom is -0.496 e. The van der Waals surface area contributed by atoms with Crippen molar-refractivity contribution in [1.82, 2.24) is 0 Å². The van der Waals surface area contributed by atoms with Crippen LogP contribution in [0.25, 0.3) is 11.0 Å². The van der Waals surface area contributed by atoms with Crippen molar-refractivity contribution in [3.05, 3.63) is 29.0 Å². The van der Waals surface area contributed by atoms with Gasteiger partial charge in [-0.1, -0.05) is 0 Å². The minimum absolute atomic E-state index is 0.0891. The molecule has 0 spiro atoms.